The molecule has 1 unspecified atom stereocenters. The molecule has 22 heavy (non-hydrogen) atoms. The van der Waals surface area contributed by atoms with E-state index in [1.165, 1.54) is 0 Å². The van der Waals surface area contributed by atoms with Crippen LogP contribution in [0.1, 0.15) is 25.7 Å². The normalized spacial score (nSPS) is 17.9. The van der Waals surface area contributed by atoms with Gasteiger partial charge < -0.3 is 19.7 Å². The second kappa shape index (κ2) is 14.3. The Kier molecular flexibility index (Phi) is 14.0. The summed E-state index contributed by atoms with van der Waals surface area (Å²) in [5.41, 5.74) is 0. The van der Waals surface area contributed by atoms with Crippen molar-refractivity contribution in [3.05, 3.63) is 12.7 Å². The van der Waals surface area contributed by atoms with Crippen LogP contribution in [0.3, 0.4) is 0 Å². The lowest BCUT2D eigenvalue weighted by Crippen LogP contribution is -2.40. The Morgan fingerprint density at radius 3 is 2.95 bits per heavy atom. The van der Waals surface area contributed by atoms with E-state index in [4.69, 9.17) is 9.47 Å². The number of nitrogens with zero attached hydrogens (tertiary/aromatic N) is 2. The first kappa shape index (κ1) is 21.7. The van der Waals surface area contributed by atoms with Crippen LogP contribution >= 0.6 is 24.0 Å². The first-order valence-corrected chi connectivity index (χ1v) is 7.96. The number of guanidine groups is 1. The van der Waals surface area contributed by atoms with E-state index in [2.05, 4.69) is 28.8 Å². The highest BCUT2D eigenvalue weighted by Gasteiger charge is 2.15. The van der Waals surface area contributed by atoms with Gasteiger partial charge in [0.15, 0.2) is 5.96 Å². The first-order valence-electron chi connectivity index (χ1n) is 7.96. The SMILES string of the molecule is C=CCCCN(C)C(=NC)NCCCOCC1CCOC1.I. The van der Waals surface area contributed by atoms with Crippen molar-refractivity contribution in [3.63, 3.8) is 0 Å². The highest BCUT2D eigenvalue weighted by molar-refractivity contribution is 14.0. The molecule has 0 aromatic carbocycles. The predicted molar refractivity (Wildman–Crippen MR) is 103 cm³/mol. The third-order valence-corrected chi connectivity index (χ3v) is 3.60. The van der Waals surface area contributed by atoms with Crippen molar-refractivity contribution in [1.29, 1.82) is 0 Å². The molecule has 1 heterocycles. The van der Waals surface area contributed by atoms with Crippen LogP contribution < -0.4 is 5.32 Å². The van der Waals surface area contributed by atoms with Crippen molar-refractivity contribution in [2.75, 3.05) is 53.6 Å². The van der Waals surface area contributed by atoms with Crippen LogP contribution in [-0.4, -0.2) is 64.5 Å². The van der Waals surface area contributed by atoms with Gasteiger partial charge in [-0.05, 0) is 25.7 Å². The zero-order chi connectivity index (χ0) is 15.3. The van der Waals surface area contributed by atoms with E-state index in [-0.39, 0.29) is 24.0 Å². The molecule has 0 amide bonds. The number of nitrogens with one attached hydrogen (secondary N) is 1. The second-order valence-electron chi connectivity index (χ2n) is 5.48. The quantitative estimate of drug-likeness (QED) is 0.192. The highest BCUT2D eigenvalue weighted by Crippen LogP contribution is 2.12. The summed E-state index contributed by atoms with van der Waals surface area (Å²) in [6.45, 7) is 9.00. The number of halogens is 1. The largest absolute Gasteiger partial charge is 0.381 e. The van der Waals surface area contributed by atoms with Gasteiger partial charge in [0.1, 0.15) is 0 Å². The molecule has 1 atom stereocenters. The first-order chi connectivity index (χ1) is 10.3. The average molecular weight is 425 g/mol. The lowest BCUT2D eigenvalue weighted by molar-refractivity contribution is 0.0887. The van der Waals surface area contributed by atoms with Crippen molar-refractivity contribution in [2.24, 2.45) is 10.9 Å². The Morgan fingerprint density at radius 2 is 2.32 bits per heavy atom. The summed E-state index contributed by atoms with van der Waals surface area (Å²) in [5, 5.41) is 3.37. The number of hydrogen-bond acceptors (Lipinski definition) is 3. The Labute approximate surface area is 152 Å². The summed E-state index contributed by atoms with van der Waals surface area (Å²) >= 11 is 0. The van der Waals surface area contributed by atoms with Gasteiger partial charge in [-0.25, -0.2) is 0 Å². The summed E-state index contributed by atoms with van der Waals surface area (Å²) in [7, 11) is 3.89. The van der Waals surface area contributed by atoms with E-state index in [1.807, 2.05) is 13.1 Å². The number of aliphatic imine (C=N–C) groups is 1. The summed E-state index contributed by atoms with van der Waals surface area (Å²) < 4.78 is 11.0. The molecule has 1 saturated heterocycles. The van der Waals surface area contributed by atoms with E-state index in [9.17, 15) is 0 Å². The van der Waals surface area contributed by atoms with Crippen LogP contribution in [-0.2, 0) is 9.47 Å². The molecule has 1 N–H and O–H groups in total. The Morgan fingerprint density at radius 1 is 1.50 bits per heavy atom. The topological polar surface area (TPSA) is 46.1 Å². The van der Waals surface area contributed by atoms with E-state index in [1.54, 1.807) is 0 Å². The van der Waals surface area contributed by atoms with Crippen LogP contribution in [0.15, 0.2) is 17.6 Å². The zero-order valence-electron chi connectivity index (χ0n) is 14.1. The summed E-state index contributed by atoms with van der Waals surface area (Å²) in [6.07, 6.45) is 6.23. The standard InChI is InChI=1S/C16H31N3O2.HI/c1-4-5-6-10-19(3)16(17-2)18-9-7-11-20-13-15-8-12-21-14-15;/h4,15H,1,5-14H2,2-3H3,(H,17,18);1H. The molecule has 0 spiro atoms. The van der Waals surface area contributed by atoms with E-state index < -0.39 is 0 Å². The van der Waals surface area contributed by atoms with Crippen LogP contribution in [0.4, 0.5) is 0 Å². The molecule has 0 saturated carbocycles. The van der Waals surface area contributed by atoms with Crippen molar-refractivity contribution in [3.8, 4) is 0 Å². The van der Waals surface area contributed by atoms with Gasteiger partial charge in [-0.1, -0.05) is 6.08 Å². The third kappa shape index (κ3) is 9.63. The number of ether oxygens (including phenoxy) is 2. The number of rotatable bonds is 10. The van der Waals surface area contributed by atoms with Crippen molar-refractivity contribution in [2.45, 2.75) is 25.7 Å². The fourth-order valence-corrected chi connectivity index (χ4v) is 2.30. The van der Waals surface area contributed by atoms with Crippen LogP contribution in [0, 0.1) is 5.92 Å². The highest BCUT2D eigenvalue weighted by atomic mass is 127. The number of allylic oxidation sites excluding steroid dienone is 1. The molecule has 0 radical (unpaired) electrons. The van der Waals surface area contributed by atoms with Crippen molar-refractivity contribution < 1.29 is 9.47 Å². The van der Waals surface area contributed by atoms with Gasteiger partial charge in [-0.15, -0.1) is 30.6 Å². The molecule has 1 aliphatic heterocycles. The zero-order valence-corrected chi connectivity index (χ0v) is 16.4. The summed E-state index contributed by atoms with van der Waals surface area (Å²) in [6, 6.07) is 0. The Balaban J connectivity index is 0.00000441. The van der Waals surface area contributed by atoms with E-state index in [0.29, 0.717) is 5.92 Å². The monoisotopic (exact) mass is 425 g/mol. The maximum atomic E-state index is 5.69. The lowest BCUT2D eigenvalue weighted by atomic mass is 10.1. The van der Waals surface area contributed by atoms with Gasteiger partial charge in [0.2, 0.25) is 0 Å². The Hall–Kier alpha value is -0.340. The predicted octanol–water partition coefficient (Wildman–Crippen LogP) is 2.52. The molecule has 6 heteroatoms. The van der Waals surface area contributed by atoms with Crippen LogP contribution in [0.2, 0.25) is 0 Å². The minimum Gasteiger partial charge on any atom is -0.381 e. The molecule has 130 valence electrons. The smallest absolute Gasteiger partial charge is 0.193 e. The van der Waals surface area contributed by atoms with Crippen LogP contribution in [0.5, 0.6) is 0 Å². The van der Waals surface area contributed by atoms with E-state index in [0.717, 1.165) is 71.2 Å². The maximum Gasteiger partial charge on any atom is 0.193 e. The molecular weight excluding hydrogens is 393 g/mol. The Bertz CT molecular complexity index is 308. The summed E-state index contributed by atoms with van der Waals surface area (Å²) in [4.78, 5) is 6.45. The minimum absolute atomic E-state index is 0. The molecule has 5 nitrogen and oxygen atoms in total. The van der Waals surface area contributed by atoms with Gasteiger partial charge in [0, 0.05) is 46.3 Å². The van der Waals surface area contributed by atoms with Gasteiger partial charge in [0.25, 0.3) is 0 Å². The van der Waals surface area contributed by atoms with Gasteiger partial charge >= 0.3 is 0 Å². The van der Waals surface area contributed by atoms with Crippen molar-refractivity contribution in [1.82, 2.24) is 10.2 Å². The lowest BCUT2D eigenvalue weighted by Gasteiger charge is -2.21. The van der Waals surface area contributed by atoms with E-state index >= 15 is 0 Å². The van der Waals surface area contributed by atoms with Gasteiger partial charge in [0.05, 0.1) is 13.2 Å². The third-order valence-electron chi connectivity index (χ3n) is 3.60. The molecule has 0 aromatic heterocycles. The molecule has 0 aromatic rings. The number of hydrogen-bond donors (Lipinski definition) is 1. The minimum atomic E-state index is 0. The average Bonchev–Trinajstić information content (AvgIpc) is 3.00. The maximum absolute atomic E-state index is 5.69. The summed E-state index contributed by atoms with van der Waals surface area (Å²) in [5.74, 6) is 1.55. The fourth-order valence-electron chi connectivity index (χ4n) is 2.30. The van der Waals surface area contributed by atoms with Gasteiger partial charge in [-0.2, -0.15) is 0 Å². The molecule has 1 aliphatic rings. The second-order valence-corrected chi connectivity index (χ2v) is 5.48. The molecular formula is C16H32IN3O2. The molecule has 0 aliphatic carbocycles. The van der Waals surface area contributed by atoms with Crippen LogP contribution in [0.25, 0.3) is 0 Å². The molecule has 1 fully saturated rings. The number of unbranched alkanes of at least 4 members (excludes halogenated alkanes) is 1. The molecule has 0 bridgehead atoms. The van der Waals surface area contributed by atoms with Crippen molar-refractivity contribution >= 4 is 29.9 Å². The van der Waals surface area contributed by atoms with Gasteiger partial charge in [-0.3, -0.25) is 4.99 Å². The fraction of sp³-hybridized carbons (Fsp3) is 0.812. The molecule has 1 rings (SSSR count).